The molecule has 0 heterocycles. The Morgan fingerprint density at radius 2 is 1.64 bits per heavy atom. The van der Waals surface area contributed by atoms with Gasteiger partial charge in [0.25, 0.3) is 5.91 Å². The molecule has 0 unspecified atom stereocenters. The maximum atomic E-state index is 12.0. The number of anilines is 1. The average molecular weight is 427 g/mol. The lowest BCUT2D eigenvalue weighted by Crippen LogP contribution is -2.21. The first kappa shape index (κ1) is 21.4. The molecule has 28 heavy (non-hydrogen) atoms. The third-order valence-electron chi connectivity index (χ3n) is 3.40. The summed E-state index contributed by atoms with van der Waals surface area (Å²) in [6.07, 6.45) is 0. The van der Waals surface area contributed by atoms with Gasteiger partial charge in [-0.05, 0) is 42.5 Å². The van der Waals surface area contributed by atoms with E-state index in [0.717, 1.165) is 6.07 Å². The van der Waals surface area contributed by atoms with Gasteiger partial charge < -0.3 is 14.8 Å². The molecule has 2 aromatic rings. The van der Waals surface area contributed by atoms with Crippen molar-refractivity contribution in [3.05, 3.63) is 58.6 Å². The van der Waals surface area contributed by atoms with E-state index < -0.39 is 39.4 Å². The Hall–Kier alpha value is -2.95. The smallest absolute Gasteiger partial charge is 0.338 e. The highest BCUT2D eigenvalue weighted by molar-refractivity contribution is 7.89. The van der Waals surface area contributed by atoms with E-state index in [0.29, 0.717) is 11.3 Å². The minimum atomic E-state index is -4.13. The largest absolute Gasteiger partial charge is 0.465 e. The number of nitrogens with one attached hydrogen (secondary N) is 1. The van der Waals surface area contributed by atoms with Crippen molar-refractivity contribution >= 4 is 45.2 Å². The van der Waals surface area contributed by atoms with Gasteiger partial charge in [-0.25, -0.2) is 23.1 Å². The van der Waals surface area contributed by atoms with Crippen molar-refractivity contribution in [3.8, 4) is 0 Å². The first-order valence-electron chi connectivity index (χ1n) is 7.59. The van der Waals surface area contributed by atoms with Crippen molar-refractivity contribution in [2.45, 2.75) is 4.90 Å². The number of ether oxygens (including phenoxy) is 2. The molecule has 0 spiro atoms. The Morgan fingerprint density at radius 1 is 1.04 bits per heavy atom. The van der Waals surface area contributed by atoms with Gasteiger partial charge in [-0.15, -0.1) is 0 Å². The number of sulfonamides is 1. The fraction of sp³-hybridized carbons (Fsp3) is 0.118. The number of rotatable bonds is 6. The molecule has 0 aliphatic heterocycles. The molecule has 0 radical (unpaired) electrons. The van der Waals surface area contributed by atoms with Crippen LogP contribution in [0, 0.1) is 0 Å². The first-order valence-corrected chi connectivity index (χ1v) is 9.52. The summed E-state index contributed by atoms with van der Waals surface area (Å²) < 4.78 is 32.3. The van der Waals surface area contributed by atoms with Crippen LogP contribution < -0.4 is 10.5 Å². The summed E-state index contributed by atoms with van der Waals surface area (Å²) in [4.78, 5) is 34.8. The standard InChI is InChI=1S/C17H15ClN2O7S/c1-26-16(22)10-2-5-12(6-3-10)20-15(21)9-27-17(23)11-4-7-13(18)14(8-11)28(19,24)25/h2-8H,9H2,1H3,(H,20,21)(H2,19,24,25). The monoisotopic (exact) mass is 426 g/mol. The molecular formula is C17H15ClN2O7S. The van der Waals surface area contributed by atoms with Gasteiger partial charge in [0.05, 0.1) is 23.3 Å². The number of carbonyl (C=O) groups excluding carboxylic acids is 3. The quantitative estimate of drug-likeness (QED) is 0.667. The summed E-state index contributed by atoms with van der Waals surface area (Å²) in [5, 5.41) is 7.34. The van der Waals surface area contributed by atoms with Gasteiger partial charge in [-0.3, -0.25) is 4.79 Å². The van der Waals surface area contributed by atoms with Crippen LogP contribution in [0.1, 0.15) is 20.7 Å². The van der Waals surface area contributed by atoms with Crippen LogP contribution in [0.5, 0.6) is 0 Å². The molecule has 0 aliphatic rings. The van der Waals surface area contributed by atoms with E-state index >= 15 is 0 Å². The minimum Gasteiger partial charge on any atom is -0.465 e. The predicted molar refractivity (Wildman–Crippen MR) is 99.5 cm³/mol. The summed E-state index contributed by atoms with van der Waals surface area (Å²) >= 11 is 5.74. The topological polar surface area (TPSA) is 142 Å². The summed E-state index contributed by atoms with van der Waals surface area (Å²) in [5.41, 5.74) is 0.542. The first-order chi connectivity index (χ1) is 13.1. The van der Waals surface area contributed by atoms with Crippen molar-refractivity contribution in [1.82, 2.24) is 0 Å². The second kappa shape index (κ2) is 8.83. The molecule has 1 amide bonds. The second-order valence-electron chi connectivity index (χ2n) is 5.38. The molecule has 3 N–H and O–H groups in total. The van der Waals surface area contributed by atoms with Crippen molar-refractivity contribution < 1.29 is 32.3 Å². The Kier molecular flexibility index (Phi) is 6.73. The number of hydrogen-bond acceptors (Lipinski definition) is 7. The Morgan fingerprint density at radius 3 is 2.21 bits per heavy atom. The van der Waals surface area contributed by atoms with Crippen molar-refractivity contribution in [2.75, 3.05) is 19.0 Å². The van der Waals surface area contributed by atoms with Crippen LogP contribution in [0.15, 0.2) is 47.4 Å². The molecule has 0 aliphatic carbocycles. The maximum Gasteiger partial charge on any atom is 0.338 e. The van der Waals surface area contributed by atoms with E-state index in [-0.39, 0.29) is 10.6 Å². The van der Waals surface area contributed by atoms with Crippen molar-refractivity contribution in [3.63, 3.8) is 0 Å². The molecule has 0 saturated carbocycles. The van der Waals surface area contributed by atoms with E-state index in [2.05, 4.69) is 10.1 Å². The van der Waals surface area contributed by atoms with Gasteiger partial charge in [-0.1, -0.05) is 11.6 Å². The van der Waals surface area contributed by atoms with E-state index in [1.54, 1.807) is 0 Å². The maximum absolute atomic E-state index is 12.0. The molecule has 2 rings (SSSR count). The highest BCUT2D eigenvalue weighted by Crippen LogP contribution is 2.22. The van der Waals surface area contributed by atoms with Gasteiger partial charge in [-0.2, -0.15) is 0 Å². The van der Waals surface area contributed by atoms with Crippen LogP contribution in [0.4, 0.5) is 5.69 Å². The third-order valence-corrected chi connectivity index (χ3v) is 4.79. The highest BCUT2D eigenvalue weighted by Gasteiger charge is 2.18. The number of amides is 1. The zero-order valence-corrected chi connectivity index (χ0v) is 16.0. The normalized spacial score (nSPS) is 10.8. The van der Waals surface area contributed by atoms with Crippen LogP contribution in [0.25, 0.3) is 0 Å². The minimum absolute atomic E-state index is 0.136. The summed E-state index contributed by atoms with van der Waals surface area (Å²) in [5.74, 6) is -2.09. The zero-order valence-electron chi connectivity index (χ0n) is 14.5. The van der Waals surface area contributed by atoms with Gasteiger partial charge in [0, 0.05) is 5.69 Å². The number of methoxy groups -OCH3 is 1. The molecule has 2 aromatic carbocycles. The van der Waals surface area contributed by atoms with Crippen molar-refractivity contribution in [1.29, 1.82) is 0 Å². The Labute approximate surface area is 165 Å². The molecule has 9 nitrogen and oxygen atoms in total. The van der Waals surface area contributed by atoms with E-state index in [9.17, 15) is 22.8 Å². The molecular weight excluding hydrogens is 412 g/mol. The number of nitrogens with two attached hydrogens (primary N) is 1. The van der Waals surface area contributed by atoms with Crippen LogP contribution in [-0.4, -0.2) is 40.0 Å². The zero-order chi connectivity index (χ0) is 20.9. The fourth-order valence-corrected chi connectivity index (χ4v) is 3.14. The third kappa shape index (κ3) is 5.52. The van der Waals surface area contributed by atoms with E-state index in [1.807, 2.05) is 0 Å². The van der Waals surface area contributed by atoms with Gasteiger partial charge in [0.1, 0.15) is 4.90 Å². The number of benzene rings is 2. The predicted octanol–water partition coefficient (Wildman–Crippen LogP) is 1.57. The Bertz CT molecular complexity index is 1020. The van der Waals surface area contributed by atoms with Crippen molar-refractivity contribution in [2.24, 2.45) is 5.14 Å². The lowest BCUT2D eigenvalue weighted by molar-refractivity contribution is -0.119. The highest BCUT2D eigenvalue weighted by atomic mass is 35.5. The number of esters is 2. The van der Waals surface area contributed by atoms with Crippen LogP contribution in [0.3, 0.4) is 0 Å². The van der Waals surface area contributed by atoms with Crippen LogP contribution in [-0.2, 0) is 24.3 Å². The van der Waals surface area contributed by atoms with E-state index in [1.165, 1.54) is 43.5 Å². The lowest BCUT2D eigenvalue weighted by Gasteiger charge is -2.08. The van der Waals surface area contributed by atoms with E-state index in [4.69, 9.17) is 21.5 Å². The molecule has 0 saturated heterocycles. The SMILES string of the molecule is COC(=O)c1ccc(NC(=O)COC(=O)c2ccc(Cl)c(S(N)(=O)=O)c2)cc1. The Balaban J connectivity index is 1.97. The molecule has 148 valence electrons. The number of hydrogen-bond donors (Lipinski definition) is 2. The van der Waals surface area contributed by atoms with Crippen LogP contribution >= 0.6 is 11.6 Å². The molecule has 11 heteroatoms. The molecule has 0 aromatic heterocycles. The average Bonchev–Trinajstić information content (AvgIpc) is 2.65. The van der Waals surface area contributed by atoms with Gasteiger partial charge >= 0.3 is 11.9 Å². The van der Waals surface area contributed by atoms with Gasteiger partial charge in [0.2, 0.25) is 10.0 Å². The summed E-state index contributed by atoms with van der Waals surface area (Å²) in [7, 11) is -2.88. The summed E-state index contributed by atoms with van der Waals surface area (Å²) in [6, 6.07) is 9.24. The molecule has 0 atom stereocenters. The summed E-state index contributed by atoms with van der Waals surface area (Å²) in [6.45, 7) is -0.620. The molecule has 0 bridgehead atoms. The van der Waals surface area contributed by atoms with Crippen LogP contribution in [0.2, 0.25) is 5.02 Å². The number of primary sulfonamides is 1. The number of halogens is 1. The second-order valence-corrected chi connectivity index (χ2v) is 7.32. The van der Waals surface area contributed by atoms with Gasteiger partial charge in [0.15, 0.2) is 6.61 Å². The number of carbonyl (C=O) groups is 3. The molecule has 0 fully saturated rings. The lowest BCUT2D eigenvalue weighted by atomic mass is 10.2. The fourth-order valence-electron chi connectivity index (χ4n) is 2.07.